The van der Waals surface area contributed by atoms with Crippen LogP contribution in [0.5, 0.6) is 0 Å². The first-order chi connectivity index (χ1) is 16.5. The zero-order valence-electron chi connectivity index (χ0n) is 20.0. The van der Waals surface area contributed by atoms with Gasteiger partial charge in [0.2, 0.25) is 11.9 Å². The van der Waals surface area contributed by atoms with Gasteiger partial charge in [0.1, 0.15) is 0 Å². The van der Waals surface area contributed by atoms with Crippen molar-refractivity contribution < 1.29 is 9.21 Å². The van der Waals surface area contributed by atoms with Gasteiger partial charge >= 0.3 is 6.01 Å². The van der Waals surface area contributed by atoms with E-state index in [2.05, 4.69) is 37.3 Å². The fourth-order valence-electron chi connectivity index (χ4n) is 4.52. The van der Waals surface area contributed by atoms with Crippen LogP contribution < -0.4 is 10.2 Å². The molecule has 0 saturated carbocycles. The number of hydrogen-bond donors (Lipinski definition) is 1. The SMILES string of the molecule is Cc1ccnc(Nc2cc(CN3CCCC3)cc(-c3cnc(N4CCN(C)C(C)C4=O)o3)c2)n1. The third kappa shape index (κ3) is 4.80. The Morgan fingerprint density at radius 1 is 1.12 bits per heavy atom. The number of amides is 1. The topological polar surface area (TPSA) is 90.6 Å². The van der Waals surface area contributed by atoms with Gasteiger partial charge in [0.15, 0.2) is 5.76 Å². The summed E-state index contributed by atoms with van der Waals surface area (Å²) in [6, 6.07) is 8.31. The third-order valence-corrected chi connectivity index (χ3v) is 6.62. The number of aromatic nitrogens is 3. The third-order valence-electron chi connectivity index (χ3n) is 6.62. The van der Waals surface area contributed by atoms with Gasteiger partial charge in [-0.25, -0.2) is 15.0 Å². The maximum atomic E-state index is 12.8. The molecule has 1 N–H and O–H groups in total. The van der Waals surface area contributed by atoms with Crippen LogP contribution in [0.2, 0.25) is 0 Å². The molecule has 9 nitrogen and oxygen atoms in total. The predicted molar refractivity (Wildman–Crippen MR) is 131 cm³/mol. The number of nitrogens with one attached hydrogen (secondary N) is 1. The number of likely N-dealkylation sites (N-methyl/N-ethyl adjacent to an activating group) is 1. The minimum absolute atomic E-state index is 0.00360. The Morgan fingerprint density at radius 2 is 1.94 bits per heavy atom. The van der Waals surface area contributed by atoms with Crippen LogP contribution in [0.1, 0.15) is 31.0 Å². The van der Waals surface area contributed by atoms with Crippen LogP contribution >= 0.6 is 0 Å². The molecule has 3 aromatic rings. The average molecular weight is 462 g/mol. The Bertz CT molecular complexity index is 1170. The van der Waals surface area contributed by atoms with E-state index in [9.17, 15) is 4.79 Å². The number of rotatable bonds is 6. The fraction of sp³-hybridized carbons (Fsp3) is 0.440. The van der Waals surface area contributed by atoms with Crippen LogP contribution in [0.25, 0.3) is 11.3 Å². The lowest BCUT2D eigenvalue weighted by molar-refractivity contribution is -0.124. The molecule has 2 aromatic heterocycles. The van der Waals surface area contributed by atoms with Crippen molar-refractivity contribution in [2.24, 2.45) is 0 Å². The molecule has 2 fully saturated rings. The van der Waals surface area contributed by atoms with Gasteiger partial charge < -0.3 is 9.73 Å². The molecule has 5 rings (SSSR count). The zero-order chi connectivity index (χ0) is 23.7. The lowest BCUT2D eigenvalue weighted by Crippen LogP contribution is -2.54. The lowest BCUT2D eigenvalue weighted by atomic mass is 10.1. The van der Waals surface area contributed by atoms with Crippen molar-refractivity contribution in [2.75, 3.05) is 43.4 Å². The van der Waals surface area contributed by atoms with E-state index < -0.39 is 0 Å². The maximum absolute atomic E-state index is 12.8. The molecule has 9 heteroatoms. The molecular formula is C25H31N7O2. The standard InChI is InChI=1S/C25H31N7O2/c1-17-6-7-26-24(28-17)29-21-13-19(16-31-8-4-5-9-31)12-20(14-21)22-15-27-25(34-22)32-11-10-30(3)18(2)23(32)33/h6-7,12-15,18H,4-5,8-11,16H2,1-3H3,(H,26,28,29). The monoisotopic (exact) mass is 461 g/mol. The largest absolute Gasteiger partial charge is 0.423 e. The summed E-state index contributed by atoms with van der Waals surface area (Å²) in [5, 5.41) is 3.34. The molecule has 0 spiro atoms. The number of likely N-dealkylation sites (tertiary alicyclic amines) is 1. The molecule has 0 aliphatic carbocycles. The number of benzene rings is 1. The molecule has 2 aliphatic heterocycles. The molecule has 2 saturated heterocycles. The number of aryl methyl sites for hydroxylation is 1. The van der Waals surface area contributed by atoms with Crippen molar-refractivity contribution in [3.05, 3.63) is 47.9 Å². The smallest absolute Gasteiger partial charge is 0.304 e. The molecule has 0 bridgehead atoms. The average Bonchev–Trinajstić information content (AvgIpc) is 3.50. The summed E-state index contributed by atoms with van der Waals surface area (Å²) >= 11 is 0. The number of hydrogen-bond acceptors (Lipinski definition) is 8. The molecule has 1 atom stereocenters. The van der Waals surface area contributed by atoms with Crippen molar-refractivity contribution in [3.8, 4) is 11.3 Å². The first-order valence-electron chi connectivity index (χ1n) is 11.9. The minimum atomic E-state index is -0.196. The second-order valence-corrected chi connectivity index (χ2v) is 9.20. The van der Waals surface area contributed by atoms with E-state index in [0.717, 1.165) is 43.1 Å². The summed E-state index contributed by atoms with van der Waals surface area (Å²) in [6.07, 6.45) is 5.93. The quantitative estimate of drug-likeness (QED) is 0.597. The summed E-state index contributed by atoms with van der Waals surface area (Å²) in [5.74, 6) is 1.19. The summed E-state index contributed by atoms with van der Waals surface area (Å²) in [6.45, 7) is 8.29. The van der Waals surface area contributed by atoms with E-state index >= 15 is 0 Å². The molecule has 1 unspecified atom stereocenters. The molecule has 178 valence electrons. The summed E-state index contributed by atoms with van der Waals surface area (Å²) in [4.78, 5) is 32.2. The van der Waals surface area contributed by atoms with E-state index in [1.54, 1.807) is 17.3 Å². The van der Waals surface area contributed by atoms with Crippen molar-refractivity contribution in [1.29, 1.82) is 0 Å². The van der Waals surface area contributed by atoms with Gasteiger partial charge in [-0.15, -0.1) is 0 Å². The van der Waals surface area contributed by atoms with Gasteiger partial charge in [-0.05, 0) is 76.7 Å². The van der Waals surface area contributed by atoms with Crippen LogP contribution in [0.3, 0.4) is 0 Å². The Kier molecular flexibility index (Phi) is 6.30. The van der Waals surface area contributed by atoms with Crippen LogP contribution in [0, 0.1) is 6.92 Å². The van der Waals surface area contributed by atoms with E-state index in [-0.39, 0.29) is 11.9 Å². The first kappa shape index (κ1) is 22.5. The number of nitrogens with zero attached hydrogens (tertiary/aromatic N) is 6. The Balaban J connectivity index is 1.44. The molecular weight excluding hydrogens is 430 g/mol. The summed E-state index contributed by atoms with van der Waals surface area (Å²) in [5.41, 5.74) is 3.87. The molecule has 4 heterocycles. The number of oxazole rings is 1. The summed E-state index contributed by atoms with van der Waals surface area (Å²) in [7, 11) is 1.96. The molecule has 2 aliphatic rings. The molecule has 1 amide bonds. The molecule has 0 radical (unpaired) electrons. The van der Waals surface area contributed by atoms with Gasteiger partial charge in [-0.1, -0.05) is 0 Å². The van der Waals surface area contributed by atoms with Crippen molar-refractivity contribution >= 4 is 23.6 Å². The Labute approximate surface area is 199 Å². The minimum Gasteiger partial charge on any atom is -0.423 e. The molecule has 34 heavy (non-hydrogen) atoms. The van der Waals surface area contributed by atoms with Gasteiger partial charge in [0.05, 0.1) is 12.2 Å². The van der Waals surface area contributed by atoms with Crippen molar-refractivity contribution in [1.82, 2.24) is 24.8 Å². The van der Waals surface area contributed by atoms with E-state index in [0.29, 0.717) is 24.3 Å². The van der Waals surface area contributed by atoms with E-state index in [1.165, 1.54) is 18.4 Å². The number of anilines is 3. The van der Waals surface area contributed by atoms with Crippen molar-refractivity contribution in [2.45, 2.75) is 39.3 Å². The van der Waals surface area contributed by atoms with Gasteiger partial charge in [0, 0.05) is 42.8 Å². The Hall–Kier alpha value is -3.30. The maximum Gasteiger partial charge on any atom is 0.304 e. The first-order valence-corrected chi connectivity index (χ1v) is 11.9. The highest BCUT2D eigenvalue weighted by Gasteiger charge is 2.32. The van der Waals surface area contributed by atoms with Gasteiger partial charge in [0.25, 0.3) is 0 Å². The van der Waals surface area contributed by atoms with Crippen LogP contribution in [-0.2, 0) is 11.3 Å². The van der Waals surface area contributed by atoms with E-state index in [1.807, 2.05) is 37.9 Å². The lowest BCUT2D eigenvalue weighted by Gasteiger charge is -2.34. The van der Waals surface area contributed by atoms with E-state index in [4.69, 9.17) is 4.42 Å². The fourth-order valence-corrected chi connectivity index (χ4v) is 4.52. The highest BCUT2D eigenvalue weighted by atomic mass is 16.4. The van der Waals surface area contributed by atoms with Crippen LogP contribution in [0.4, 0.5) is 17.7 Å². The van der Waals surface area contributed by atoms with Gasteiger partial charge in [-0.3, -0.25) is 19.5 Å². The molecule has 1 aromatic carbocycles. The highest BCUT2D eigenvalue weighted by molar-refractivity contribution is 5.96. The highest BCUT2D eigenvalue weighted by Crippen LogP contribution is 2.31. The van der Waals surface area contributed by atoms with Crippen LogP contribution in [0.15, 0.2) is 41.1 Å². The predicted octanol–water partition coefficient (Wildman–Crippen LogP) is 3.45. The van der Waals surface area contributed by atoms with Gasteiger partial charge in [-0.2, -0.15) is 0 Å². The number of piperazine rings is 1. The number of carbonyl (C=O) groups excluding carboxylic acids is 1. The normalized spacial score (nSPS) is 19.7. The number of carbonyl (C=O) groups is 1. The Morgan fingerprint density at radius 3 is 2.74 bits per heavy atom. The second-order valence-electron chi connectivity index (χ2n) is 9.20. The summed E-state index contributed by atoms with van der Waals surface area (Å²) < 4.78 is 6.12. The zero-order valence-corrected chi connectivity index (χ0v) is 20.0. The van der Waals surface area contributed by atoms with Crippen molar-refractivity contribution in [3.63, 3.8) is 0 Å². The second kappa shape index (κ2) is 9.52. The van der Waals surface area contributed by atoms with Crippen LogP contribution in [-0.4, -0.2) is 69.9 Å².